The van der Waals surface area contributed by atoms with Crippen LogP contribution < -0.4 is 0 Å². The number of oxazole rings is 1. The summed E-state index contributed by atoms with van der Waals surface area (Å²) < 4.78 is 6.19. The predicted octanol–water partition coefficient (Wildman–Crippen LogP) is 3.64. The van der Waals surface area contributed by atoms with Crippen LogP contribution in [0.15, 0.2) is 14.2 Å². The molecular formula is C8H12BrNOS. The van der Waals surface area contributed by atoms with E-state index < -0.39 is 0 Å². The van der Waals surface area contributed by atoms with Crippen molar-refractivity contribution >= 4 is 27.7 Å². The van der Waals surface area contributed by atoms with E-state index in [1.807, 2.05) is 6.92 Å². The minimum atomic E-state index is 0.771. The topological polar surface area (TPSA) is 26.0 Å². The third-order valence-corrected chi connectivity index (χ3v) is 3.09. The van der Waals surface area contributed by atoms with Crippen molar-refractivity contribution in [3.8, 4) is 0 Å². The second-order valence-electron chi connectivity index (χ2n) is 2.53. The van der Waals surface area contributed by atoms with Crippen molar-refractivity contribution in [2.24, 2.45) is 0 Å². The van der Waals surface area contributed by atoms with E-state index in [1.54, 1.807) is 11.8 Å². The fourth-order valence-electron chi connectivity index (χ4n) is 0.720. The van der Waals surface area contributed by atoms with Crippen LogP contribution in [0, 0.1) is 6.92 Å². The van der Waals surface area contributed by atoms with E-state index in [4.69, 9.17) is 4.42 Å². The molecule has 0 saturated heterocycles. The maximum atomic E-state index is 5.37. The summed E-state index contributed by atoms with van der Waals surface area (Å²) >= 11 is 4.98. The molecular weight excluding hydrogens is 238 g/mol. The zero-order chi connectivity index (χ0) is 8.97. The Morgan fingerprint density at radius 3 is 2.83 bits per heavy atom. The van der Waals surface area contributed by atoms with Gasteiger partial charge in [0.1, 0.15) is 10.4 Å². The van der Waals surface area contributed by atoms with Crippen LogP contribution in [0.2, 0.25) is 0 Å². The normalized spacial score (nSPS) is 10.6. The number of unbranched alkanes of at least 4 members (excludes halogenated alkanes) is 1. The molecule has 1 aromatic rings. The minimum absolute atomic E-state index is 0.771. The highest BCUT2D eigenvalue weighted by atomic mass is 79.9. The maximum Gasteiger partial charge on any atom is 0.256 e. The molecule has 0 unspecified atom stereocenters. The molecule has 0 radical (unpaired) electrons. The van der Waals surface area contributed by atoms with Crippen LogP contribution in [0.5, 0.6) is 0 Å². The number of hydrogen-bond acceptors (Lipinski definition) is 3. The highest BCUT2D eigenvalue weighted by molar-refractivity contribution is 9.10. The summed E-state index contributed by atoms with van der Waals surface area (Å²) in [7, 11) is 0. The lowest BCUT2D eigenvalue weighted by Crippen LogP contribution is -1.77. The maximum absolute atomic E-state index is 5.37. The number of halogens is 1. The zero-order valence-corrected chi connectivity index (χ0v) is 9.67. The Balaban J connectivity index is 2.42. The first kappa shape index (κ1) is 10.1. The van der Waals surface area contributed by atoms with Gasteiger partial charge in [-0.1, -0.05) is 25.1 Å². The standard InChI is InChI=1S/C8H12BrNOS/c1-3-4-5-12-8-10-7(9)6(2)11-8/h3-5H2,1-2H3. The number of aromatic nitrogens is 1. The second kappa shape index (κ2) is 4.92. The number of hydrogen-bond donors (Lipinski definition) is 0. The quantitative estimate of drug-likeness (QED) is 0.602. The van der Waals surface area contributed by atoms with Gasteiger partial charge in [-0.05, 0) is 29.3 Å². The zero-order valence-electron chi connectivity index (χ0n) is 7.26. The molecule has 1 heterocycles. The molecule has 0 aliphatic carbocycles. The summed E-state index contributed by atoms with van der Waals surface area (Å²) in [6, 6.07) is 0. The molecule has 1 rings (SSSR count). The molecule has 0 amide bonds. The van der Waals surface area contributed by atoms with Crippen LogP contribution in [-0.2, 0) is 0 Å². The number of nitrogens with zero attached hydrogens (tertiary/aromatic N) is 1. The van der Waals surface area contributed by atoms with Crippen molar-refractivity contribution in [3.63, 3.8) is 0 Å². The molecule has 0 spiro atoms. The van der Waals surface area contributed by atoms with Crippen LogP contribution in [0.25, 0.3) is 0 Å². The molecule has 2 nitrogen and oxygen atoms in total. The van der Waals surface area contributed by atoms with Gasteiger partial charge in [-0.2, -0.15) is 4.98 Å². The van der Waals surface area contributed by atoms with E-state index in [2.05, 4.69) is 27.8 Å². The van der Waals surface area contributed by atoms with Gasteiger partial charge in [0.25, 0.3) is 5.22 Å². The summed E-state index contributed by atoms with van der Waals surface area (Å²) in [6.45, 7) is 4.08. The number of rotatable bonds is 4. The largest absolute Gasteiger partial charge is 0.436 e. The number of thioether (sulfide) groups is 1. The lowest BCUT2D eigenvalue weighted by molar-refractivity contribution is 0.431. The predicted molar refractivity (Wildman–Crippen MR) is 54.6 cm³/mol. The molecule has 1 aromatic heterocycles. The Bertz CT molecular complexity index is 230. The van der Waals surface area contributed by atoms with Crippen molar-refractivity contribution in [3.05, 3.63) is 10.4 Å². The van der Waals surface area contributed by atoms with E-state index in [0.717, 1.165) is 21.3 Å². The van der Waals surface area contributed by atoms with E-state index in [9.17, 15) is 0 Å². The summed E-state index contributed by atoms with van der Waals surface area (Å²) in [5.41, 5.74) is 0. The van der Waals surface area contributed by atoms with Gasteiger partial charge < -0.3 is 4.42 Å². The molecule has 0 N–H and O–H groups in total. The van der Waals surface area contributed by atoms with Crippen LogP contribution in [-0.4, -0.2) is 10.7 Å². The summed E-state index contributed by atoms with van der Waals surface area (Å²) in [6.07, 6.45) is 2.43. The SMILES string of the molecule is CCCCSc1nc(Br)c(C)o1. The average molecular weight is 250 g/mol. The van der Waals surface area contributed by atoms with Gasteiger partial charge in [0, 0.05) is 5.75 Å². The molecule has 4 heteroatoms. The summed E-state index contributed by atoms with van der Waals surface area (Å²) in [5.74, 6) is 1.94. The lowest BCUT2D eigenvalue weighted by Gasteiger charge is -1.92. The summed E-state index contributed by atoms with van der Waals surface area (Å²) in [5, 5.41) is 0.771. The van der Waals surface area contributed by atoms with Crippen molar-refractivity contribution in [1.29, 1.82) is 0 Å². The van der Waals surface area contributed by atoms with Gasteiger partial charge in [0.15, 0.2) is 0 Å². The third kappa shape index (κ3) is 2.83. The van der Waals surface area contributed by atoms with E-state index in [1.165, 1.54) is 12.8 Å². The van der Waals surface area contributed by atoms with E-state index in [-0.39, 0.29) is 0 Å². The molecule has 68 valence electrons. The Morgan fingerprint density at radius 2 is 2.33 bits per heavy atom. The smallest absolute Gasteiger partial charge is 0.256 e. The Morgan fingerprint density at radius 1 is 1.58 bits per heavy atom. The van der Waals surface area contributed by atoms with Crippen molar-refractivity contribution in [2.75, 3.05) is 5.75 Å². The first-order valence-corrected chi connectivity index (χ1v) is 5.77. The lowest BCUT2D eigenvalue weighted by atomic mass is 10.4. The van der Waals surface area contributed by atoms with Gasteiger partial charge in [0.2, 0.25) is 0 Å². The Kier molecular flexibility index (Phi) is 4.15. The third-order valence-electron chi connectivity index (χ3n) is 1.44. The van der Waals surface area contributed by atoms with Crippen LogP contribution in [0.1, 0.15) is 25.5 Å². The van der Waals surface area contributed by atoms with Gasteiger partial charge in [0.05, 0.1) is 0 Å². The highest BCUT2D eigenvalue weighted by Crippen LogP contribution is 2.24. The fraction of sp³-hybridized carbons (Fsp3) is 0.625. The van der Waals surface area contributed by atoms with Crippen molar-refractivity contribution in [1.82, 2.24) is 4.98 Å². The van der Waals surface area contributed by atoms with Gasteiger partial charge in [-0.15, -0.1) is 0 Å². The molecule has 12 heavy (non-hydrogen) atoms. The second-order valence-corrected chi connectivity index (χ2v) is 4.33. The number of aryl methyl sites for hydroxylation is 1. The minimum Gasteiger partial charge on any atom is -0.436 e. The Hall–Kier alpha value is 0.0400. The molecule has 0 aromatic carbocycles. The molecule has 0 saturated carbocycles. The van der Waals surface area contributed by atoms with Crippen LogP contribution >= 0.6 is 27.7 Å². The molecule has 0 aliphatic heterocycles. The molecule has 0 aliphatic rings. The Labute approximate surface area is 85.3 Å². The molecule has 0 fully saturated rings. The van der Waals surface area contributed by atoms with Crippen LogP contribution in [0.4, 0.5) is 0 Å². The first-order valence-electron chi connectivity index (χ1n) is 3.99. The molecule has 0 atom stereocenters. The fourth-order valence-corrected chi connectivity index (χ4v) is 2.03. The average Bonchev–Trinajstić information content (AvgIpc) is 2.32. The van der Waals surface area contributed by atoms with Gasteiger partial charge in [-0.25, -0.2) is 0 Å². The first-order chi connectivity index (χ1) is 5.74. The highest BCUT2D eigenvalue weighted by Gasteiger charge is 2.05. The summed E-state index contributed by atoms with van der Waals surface area (Å²) in [4.78, 5) is 4.19. The van der Waals surface area contributed by atoms with Gasteiger partial charge in [-0.3, -0.25) is 0 Å². The van der Waals surface area contributed by atoms with Crippen molar-refractivity contribution < 1.29 is 4.42 Å². The molecule has 0 bridgehead atoms. The van der Waals surface area contributed by atoms with Crippen molar-refractivity contribution in [2.45, 2.75) is 31.9 Å². The van der Waals surface area contributed by atoms with E-state index >= 15 is 0 Å². The van der Waals surface area contributed by atoms with Gasteiger partial charge >= 0.3 is 0 Å². The monoisotopic (exact) mass is 249 g/mol. The van der Waals surface area contributed by atoms with E-state index in [0.29, 0.717) is 0 Å². The van der Waals surface area contributed by atoms with Crippen LogP contribution in [0.3, 0.4) is 0 Å².